The molecule has 4 heteroatoms. The Balaban J connectivity index is 2.05. The molecule has 0 aromatic carbocycles. The molecule has 1 aliphatic carbocycles. The van der Waals surface area contributed by atoms with Crippen LogP contribution in [0.15, 0.2) is 6.33 Å². The van der Waals surface area contributed by atoms with Crippen LogP contribution in [-0.2, 0) is 13.5 Å². The molecule has 14 heavy (non-hydrogen) atoms. The summed E-state index contributed by atoms with van der Waals surface area (Å²) in [6.45, 7) is 0. The van der Waals surface area contributed by atoms with E-state index < -0.39 is 0 Å². The van der Waals surface area contributed by atoms with Crippen LogP contribution in [0.2, 0.25) is 0 Å². The van der Waals surface area contributed by atoms with Crippen molar-refractivity contribution in [2.24, 2.45) is 12.8 Å². The van der Waals surface area contributed by atoms with E-state index in [-0.39, 0.29) is 5.54 Å². The van der Waals surface area contributed by atoms with E-state index >= 15 is 0 Å². The Hall–Kier alpha value is -0.900. The summed E-state index contributed by atoms with van der Waals surface area (Å²) in [5.74, 6) is 1.01. The predicted octanol–water partition coefficient (Wildman–Crippen LogP) is 1.02. The molecule has 0 amide bonds. The van der Waals surface area contributed by atoms with Gasteiger partial charge in [-0.25, -0.2) is 0 Å². The molecule has 78 valence electrons. The number of aromatic nitrogens is 3. The van der Waals surface area contributed by atoms with Crippen LogP contribution < -0.4 is 5.73 Å². The van der Waals surface area contributed by atoms with Gasteiger partial charge in [-0.15, -0.1) is 10.2 Å². The van der Waals surface area contributed by atoms with Crippen molar-refractivity contribution < 1.29 is 0 Å². The van der Waals surface area contributed by atoms with Gasteiger partial charge in [0.2, 0.25) is 0 Å². The van der Waals surface area contributed by atoms with E-state index in [0.29, 0.717) is 0 Å². The average molecular weight is 194 g/mol. The molecule has 1 heterocycles. The molecule has 0 bridgehead atoms. The van der Waals surface area contributed by atoms with Crippen LogP contribution in [-0.4, -0.2) is 20.3 Å². The molecule has 2 N–H and O–H groups in total. The maximum Gasteiger partial charge on any atom is 0.134 e. The third-order valence-corrected chi connectivity index (χ3v) is 3.16. The molecule has 0 radical (unpaired) electrons. The number of nitrogens with two attached hydrogens (primary N) is 1. The maximum absolute atomic E-state index is 6.34. The van der Waals surface area contributed by atoms with Gasteiger partial charge >= 0.3 is 0 Å². The Morgan fingerprint density at radius 2 is 2.14 bits per heavy atom. The van der Waals surface area contributed by atoms with Crippen molar-refractivity contribution in [2.45, 2.75) is 44.1 Å². The summed E-state index contributed by atoms with van der Waals surface area (Å²) in [6.07, 6.45) is 8.70. The fourth-order valence-electron chi connectivity index (χ4n) is 2.21. The number of hydrogen-bond acceptors (Lipinski definition) is 3. The van der Waals surface area contributed by atoms with Gasteiger partial charge < -0.3 is 10.3 Å². The van der Waals surface area contributed by atoms with Crippen LogP contribution in [0.1, 0.15) is 37.9 Å². The summed E-state index contributed by atoms with van der Waals surface area (Å²) in [7, 11) is 1.97. The van der Waals surface area contributed by atoms with Crippen molar-refractivity contribution in [2.75, 3.05) is 0 Å². The highest BCUT2D eigenvalue weighted by atomic mass is 15.2. The molecule has 1 fully saturated rings. The Kier molecular flexibility index (Phi) is 2.54. The Morgan fingerprint density at radius 1 is 1.43 bits per heavy atom. The summed E-state index contributed by atoms with van der Waals surface area (Å²) in [5.41, 5.74) is 6.31. The molecule has 0 atom stereocenters. The van der Waals surface area contributed by atoms with Gasteiger partial charge in [-0.05, 0) is 12.8 Å². The lowest BCUT2D eigenvalue weighted by atomic mass is 9.80. The molecule has 4 nitrogen and oxygen atoms in total. The number of rotatable bonds is 2. The lowest BCUT2D eigenvalue weighted by Crippen LogP contribution is -2.44. The SMILES string of the molecule is Cn1cnnc1CC1(N)CCCCC1. The van der Waals surface area contributed by atoms with Gasteiger partial charge in [0.1, 0.15) is 12.2 Å². The van der Waals surface area contributed by atoms with Crippen LogP contribution in [0.5, 0.6) is 0 Å². The van der Waals surface area contributed by atoms with Crippen molar-refractivity contribution >= 4 is 0 Å². The maximum atomic E-state index is 6.34. The van der Waals surface area contributed by atoms with Crippen LogP contribution in [0.3, 0.4) is 0 Å². The molecule has 0 unspecified atom stereocenters. The van der Waals surface area contributed by atoms with E-state index in [9.17, 15) is 0 Å². The Labute approximate surface area is 84.5 Å². The normalized spacial score (nSPS) is 21.0. The zero-order valence-electron chi connectivity index (χ0n) is 8.74. The first-order chi connectivity index (χ1) is 6.70. The summed E-state index contributed by atoms with van der Waals surface area (Å²) in [4.78, 5) is 0. The first kappa shape index (κ1) is 9.65. The predicted molar refractivity (Wildman–Crippen MR) is 54.7 cm³/mol. The average Bonchev–Trinajstić information content (AvgIpc) is 2.52. The lowest BCUT2D eigenvalue weighted by Gasteiger charge is -2.32. The second-order valence-corrected chi connectivity index (χ2v) is 4.46. The van der Waals surface area contributed by atoms with Crippen LogP contribution in [0, 0.1) is 0 Å². The molecule has 2 rings (SSSR count). The van der Waals surface area contributed by atoms with Gasteiger partial charge in [0.05, 0.1) is 0 Å². The largest absolute Gasteiger partial charge is 0.325 e. The fourth-order valence-corrected chi connectivity index (χ4v) is 2.21. The molecular formula is C10H18N4. The standard InChI is InChI=1S/C10H18N4/c1-14-8-12-13-9(14)7-10(11)5-3-2-4-6-10/h8H,2-7,11H2,1H3. The monoisotopic (exact) mass is 194 g/mol. The minimum absolute atomic E-state index is 0.0287. The molecular weight excluding hydrogens is 176 g/mol. The van der Waals surface area contributed by atoms with Gasteiger partial charge in [-0.3, -0.25) is 0 Å². The topological polar surface area (TPSA) is 56.7 Å². The minimum atomic E-state index is -0.0287. The summed E-state index contributed by atoms with van der Waals surface area (Å²) >= 11 is 0. The van der Waals surface area contributed by atoms with E-state index in [2.05, 4.69) is 10.2 Å². The van der Waals surface area contributed by atoms with Gasteiger partial charge in [0, 0.05) is 19.0 Å². The smallest absolute Gasteiger partial charge is 0.134 e. The summed E-state index contributed by atoms with van der Waals surface area (Å²) < 4.78 is 1.96. The fraction of sp³-hybridized carbons (Fsp3) is 0.800. The lowest BCUT2D eigenvalue weighted by molar-refractivity contribution is 0.287. The van der Waals surface area contributed by atoms with Crippen molar-refractivity contribution in [3.8, 4) is 0 Å². The van der Waals surface area contributed by atoms with Gasteiger partial charge in [-0.2, -0.15) is 0 Å². The van der Waals surface area contributed by atoms with Crippen molar-refractivity contribution in [1.29, 1.82) is 0 Å². The van der Waals surface area contributed by atoms with E-state index in [1.165, 1.54) is 19.3 Å². The number of hydrogen-bond donors (Lipinski definition) is 1. The van der Waals surface area contributed by atoms with Crippen molar-refractivity contribution in [3.05, 3.63) is 12.2 Å². The number of nitrogens with zero attached hydrogens (tertiary/aromatic N) is 3. The van der Waals surface area contributed by atoms with Gasteiger partial charge in [-0.1, -0.05) is 19.3 Å². The molecule has 1 aliphatic rings. The van der Waals surface area contributed by atoms with E-state index in [1.807, 2.05) is 11.6 Å². The molecule has 0 aliphatic heterocycles. The van der Waals surface area contributed by atoms with Crippen molar-refractivity contribution in [3.63, 3.8) is 0 Å². The molecule has 1 saturated carbocycles. The second-order valence-electron chi connectivity index (χ2n) is 4.46. The quantitative estimate of drug-likeness (QED) is 0.764. The third-order valence-electron chi connectivity index (χ3n) is 3.16. The third kappa shape index (κ3) is 1.95. The summed E-state index contributed by atoms with van der Waals surface area (Å²) in [5, 5.41) is 7.96. The summed E-state index contributed by atoms with van der Waals surface area (Å²) in [6, 6.07) is 0. The molecule has 1 aromatic rings. The zero-order chi connectivity index (χ0) is 10.0. The van der Waals surface area contributed by atoms with E-state index in [4.69, 9.17) is 5.73 Å². The molecule has 1 aromatic heterocycles. The highest BCUT2D eigenvalue weighted by molar-refractivity contribution is 4.98. The van der Waals surface area contributed by atoms with Gasteiger partial charge in [0.25, 0.3) is 0 Å². The minimum Gasteiger partial charge on any atom is -0.325 e. The van der Waals surface area contributed by atoms with Crippen LogP contribution >= 0.6 is 0 Å². The second kappa shape index (κ2) is 3.69. The highest BCUT2D eigenvalue weighted by Crippen LogP contribution is 2.28. The van der Waals surface area contributed by atoms with E-state index in [1.54, 1.807) is 6.33 Å². The number of aryl methyl sites for hydroxylation is 1. The Bertz CT molecular complexity index is 299. The van der Waals surface area contributed by atoms with E-state index in [0.717, 1.165) is 25.1 Å². The van der Waals surface area contributed by atoms with Gasteiger partial charge in [0.15, 0.2) is 0 Å². The molecule has 0 saturated heterocycles. The first-order valence-corrected chi connectivity index (χ1v) is 5.31. The van der Waals surface area contributed by atoms with Crippen molar-refractivity contribution in [1.82, 2.24) is 14.8 Å². The zero-order valence-corrected chi connectivity index (χ0v) is 8.74. The van der Waals surface area contributed by atoms with Crippen LogP contribution in [0.25, 0.3) is 0 Å². The highest BCUT2D eigenvalue weighted by Gasteiger charge is 2.29. The Morgan fingerprint density at radius 3 is 2.71 bits per heavy atom. The molecule has 0 spiro atoms. The first-order valence-electron chi connectivity index (χ1n) is 5.31. The van der Waals surface area contributed by atoms with Crippen LogP contribution in [0.4, 0.5) is 0 Å².